The highest BCUT2D eigenvalue weighted by atomic mass is 35.5. The van der Waals surface area contributed by atoms with Crippen molar-refractivity contribution in [1.82, 2.24) is 5.32 Å². The van der Waals surface area contributed by atoms with Crippen LogP contribution in [0.1, 0.15) is 11.1 Å². The fraction of sp³-hybridized carbons (Fsp3) is 0.208. The number of nitrogens with zero attached hydrogens (tertiary/aromatic N) is 1. The number of nitrogens with one attached hydrogen (secondary N) is 1. The van der Waals surface area contributed by atoms with Gasteiger partial charge < -0.3 is 5.32 Å². The molecule has 1 amide bonds. The monoisotopic (exact) mass is 556 g/mol. The van der Waals surface area contributed by atoms with E-state index in [9.17, 15) is 13.2 Å². The van der Waals surface area contributed by atoms with Gasteiger partial charge in [-0.1, -0.05) is 64.6 Å². The summed E-state index contributed by atoms with van der Waals surface area (Å²) in [7, 11) is -3.98. The third-order valence-electron chi connectivity index (χ3n) is 4.83. The van der Waals surface area contributed by atoms with Crippen LogP contribution in [0.25, 0.3) is 0 Å². The van der Waals surface area contributed by atoms with Gasteiger partial charge in [0.05, 0.1) is 10.6 Å². The number of benzene rings is 3. The minimum Gasteiger partial charge on any atom is -0.354 e. The number of carbonyl (C=O) groups is 1. The first kappa shape index (κ1) is 26.7. The van der Waals surface area contributed by atoms with Gasteiger partial charge in [0.15, 0.2) is 0 Å². The summed E-state index contributed by atoms with van der Waals surface area (Å²) >= 11 is 19.8. The third kappa shape index (κ3) is 7.30. The van der Waals surface area contributed by atoms with Crippen molar-refractivity contribution in [3.63, 3.8) is 0 Å². The first-order chi connectivity index (χ1) is 16.2. The molecule has 0 saturated carbocycles. The molecule has 5 nitrogen and oxygen atoms in total. The summed E-state index contributed by atoms with van der Waals surface area (Å²) in [4.78, 5) is 12.8. The van der Waals surface area contributed by atoms with E-state index >= 15 is 0 Å². The normalized spacial score (nSPS) is 11.3. The zero-order valence-corrected chi connectivity index (χ0v) is 22.2. The Bertz CT molecular complexity index is 1250. The molecule has 0 spiro atoms. The molecule has 1 N–H and O–H groups in total. The fourth-order valence-electron chi connectivity index (χ4n) is 3.05. The van der Waals surface area contributed by atoms with Gasteiger partial charge in [-0.05, 0) is 55.0 Å². The lowest BCUT2D eigenvalue weighted by atomic mass is 10.2. The standard InChI is InChI=1S/C24H23Cl3N2O3S2/c1-17-5-9-22(10-6-17)34(31,32)29(21-4-2-3-19(25)13-21)15-24(30)28-11-12-33-16-18-7-8-20(26)14-23(18)27/h2-10,13-14H,11-12,15-16H2,1H3,(H,28,30). The molecule has 3 rings (SSSR count). The van der Waals surface area contributed by atoms with Gasteiger partial charge in [0.25, 0.3) is 10.0 Å². The van der Waals surface area contributed by atoms with Crippen molar-refractivity contribution >= 4 is 68.2 Å². The van der Waals surface area contributed by atoms with Crippen LogP contribution >= 0.6 is 46.6 Å². The maximum Gasteiger partial charge on any atom is 0.264 e. The summed E-state index contributed by atoms with van der Waals surface area (Å²) in [6.07, 6.45) is 0. The fourth-order valence-corrected chi connectivity index (χ4v) is 6.07. The van der Waals surface area contributed by atoms with E-state index in [0.29, 0.717) is 38.8 Å². The van der Waals surface area contributed by atoms with Crippen LogP contribution in [0.5, 0.6) is 0 Å². The smallest absolute Gasteiger partial charge is 0.264 e. The Kier molecular flexibility index (Phi) is 9.56. The predicted molar refractivity (Wildman–Crippen MR) is 143 cm³/mol. The molecule has 0 fully saturated rings. The number of anilines is 1. The number of thioether (sulfide) groups is 1. The van der Waals surface area contributed by atoms with Crippen molar-refractivity contribution in [1.29, 1.82) is 0 Å². The number of carbonyl (C=O) groups excluding carboxylic acids is 1. The van der Waals surface area contributed by atoms with Crippen LogP contribution in [0.15, 0.2) is 71.6 Å². The maximum atomic E-state index is 13.4. The van der Waals surface area contributed by atoms with E-state index in [0.717, 1.165) is 15.4 Å². The SMILES string of the molecule is Cc1ccc(S(=O)(=O)N(CC(=O)NCCSCc2ccc(Cl)cc2Cl)c2cccc(Cl)c2)cc1. The Morgan fingerprint density at radius 2 is 1.68 bits per heavy atom. The van der Waals surface area contributed by atoms with E-state index in [1.165, 1.54) is 18.2 Å². The second-order valence-corrected chi connectivity index (χ2v) is 11.7. The zero-order valence-electron chi connectivity index (χ0n) is 18.3. The Hall–Kier alpha value is -1.90. The highest BCUT2D eigenvalue weighted by Gasteiger charge is 2.27. The zero-order chi connectivity index (χ0) is 24.7. The number of hydrogen-bond donors (Lipinski definition) is 1. The molecule has 0 heterocycles. The van der Waals surface area contributed by atoms with Crippen LogP contribution in [0.4, 0.5) is 5.69 Å². The molecular formula is C24H23Cl3N2O3S2. The summed E-state index contributed by atoms with van der Waals surface area (Å²) in [5, 5.41) is 4.34. The molecule has 3 aromatic rings. The molecular weight excluding hydrogens is 535 g/mol. The molecule has 0 aromatic heterocycles. The van der Waals surface area contributed by atoms with E-state index in [-0.39, 0.29) is 11.4 Å². The molecule has 3 aromatic carbocycles. The topological polar surface area (TPSA) is 66.5 Å². The molecule has 34 heavy (non-hydrogen) atoms. The van der Waals surface area contributed by atoms with E-state index in [2.05, 4.69) is 5.32 Å². The summed E-state index contributed by atoms with van der Waals surface area (Å²) in [6.45, 7) is 1.88. The number of amides is 1. The van der Waals surface area contributed by atoms with Crippen molar-refractivity contribution in [2.24, 2.45) is 0 Å². The molecule has 0 unspecified atom stereocenters. The molecule has 10 heteroatoms. The lowest BCUT2D eigenvalue weighted by Crippen LogP contribution is -2.41. The Balaban J connectivity index is 1.64. The van der Waals surface area contributed by atoms with Gasteiger partial charge in [-0.2, -0.15) is 11.8 Å². The molecule has 0 radical (unpaired) electrons. The van der Waals surface area contributed by atoms with Crippen molar-refractivity contribution in [3.8, 4) is 0 Å². The predicted octanol–water partition coefficient (Wildman–Crippen LogP) is 6.20. The van der Waals surface area contributed by atoms with Gasteiger partial charge in [-0.15, -0.1) is 0 Å². The van der Waals surface area contributed by atoms with Crippen LogP contribution in [0.2, 0.25) is 15.1 Å². The number of aryl methyl sites for hydroxylation is 1. The summed E-state index contributed by atoms with van der Waals surface area (Å²) in [5.41, 5.74) is 2.21. The minimum absolute atomic E-state index is 0.0984. The van der Waals surface area contributed by atoms with Crippen molar-refractivity contribution in [3.05, 3.63) is 92.9 Å². The van der Waals surface area contributed by atoms with Crippen LogP contribution in [-0.4, -0.2) is 33.2 Å². The average Bonchev–Trinajstić information content (AvgIpc) is 2.78. The molecule has 0 atom stereocenters. The van der Waals surface area contributed by atoms with E-state index < -0.39 is 15.9 Å². The molecule has 0 aliphatic rings. The first-order valence-electron chi connectivity index (χ1n) is 10.3. The van der Waals surface area contributed by atoms with Crippen molar-refractivity contribution < 1.29 is 13.2 Å². The van der Waals surface area contributed by atoms with Gasteiger partial charge in [-0.25, -0.2) is 8.42 Å². The van der Waals surface area contributed by atoms with Crippen molar-refractivity contribution in [2.75, 3.05) is 23.1 Å². The number of sulfonamides is 1. The molecule has 0 bridgehead atoms. The lowest BCUT2D eigenvalue weighted by Gasteiger charge is -2.24. The highest BCUT2D eigenvalue weighted by molar-refractivity contribution is 7.98. The van der Waals surface area contributed by atoms with Crippen LogP contribution in [0.3, 0.4) is 0 Å². The van der Waals surface area contributed by atoms with Gasteiger partial charge in [0.2, 0.25) is 5.91 Å². The molecule has 180 valence electrons. The summed E-state index contributed by atoms with van der Waals surface area (Å²) in [5.74, 6) is 0.885. The summed E-state index contributed by atoms with van der Waals surface area (Å²) in [6, 6.07) is 18.2. The van der Waals surface area contributed by atoms with E-state index in [1.807, 2.05) is 13.0 Å². The molecule has 0 aliphatic heterocycles. The van der Waals surface area contributed by atoms with Crippen LogP contribution in [0, 0.1) is 6.92 Å². The second kappa shape index (κ2) is 12.2. The first-order valence-corrected chi connectivity index (χ1v) is 14.0. The summed E-state index contributed by atoms with van der Waals surface area (Å²) < 4.78 is 27.8. The number of rotatable bonds is 10. The Labute approximate surface area is 219 Å². The minimum atomic E-state index is -3.98. The van der Waals surface area contributed by atoms with Gasteiger partial charge in [0.1, 0.15) is 6.54 Å². The van der Waals surface area contributed by atoms with Gasteiger partial charge >= 0.3 is 0 Å². The largest absolute Gasteiger partial charge is 0.354 e. The highest BCUT2D eigenvalue weighted by Crippen LogP contribution is 2.27. The van der Waals surface area contributed by atoms with E-state index in [1.54, 1.807) is 54.2 Å². The number of hydrogen-bond acceptors (Lipinski definition) is 4. The van der Waals surface area contributed by atoms with Gasteiger partial charge in [-0.3, -0.25) is 9.10 Å². The molecule has 0 aliphatic carbocycles. The quantitative estimate of drug-likeness (QED) is 0.301. The maximum absolute atomic E-state index is 13.4. The van der Waals surface area contributed by atoms with E-state index in [4.69, 9.17) is 34.8 Å². The average molecular weight is 558 g/mol. The Morgan fingerprint density at radius 3 is 2.35 bits per heavy atom. The number of halogens is 3. The second-order valence-electron chi connectivity index (χ2n) is 7.44. The van der Waals surface area contributed by atoms with Crippen LogP contribution < -0.4 is 9.62 Å². The Morgan fingerprint density at radius 1 is 0.971 bits per heavy atom. The van der Waals surface area contributed by atoms with Crippen molar-refractivity contribution in [2.45, 2.75) is 17.6 Å². The third-order valence-corrected chi connectivity index (χ3v) is 8.45. The molecule has 0 saturated heterocycles. The van der Waals surface area contributed by atoms with Gasteiger partial charge in [0, 0.05) is 33.1 Å². The van der Waals surface area contributed by atoms with Crippen LogP contribution in [-0.2, 0) is 20.6 Å². The lowest BCUT2D eigenvalue weighted by molar-refractivity contribution is -0.119.